The van der Waals surface area contributed by atoms with Crippen LogP contribution in [0.25, 0.3) is 0 Å². The van der Waals surface area contributed by atoms with Gasteiger partial charge in [-0.2, -0.15) is 0 Å². The molecule has 2 amide bonds. The van der Waals surface area contributed by atoms with Crippen molar-refractivity contribution in [3.8, 4) is 5.75 Å². The van der Waals surface area contributed by atoms with Gasteiger partial charge < -0.3 is 15.0 Å². The zero-order valence-electron chi connectivity index (χ0n) is 18.2. The van der Waals surface area contributed by atoms with Crippen molar-refractivity contribution in [2.24, 2.45) is 0 Å². The van der Waals surface area contributed by atoms with Gasteiger partial charge in [-0.1, -0.05) is 30.3 Å². The van der Waals surface area contributed by atoms with Crippen LogP contribution in [-0.2, 0) is 6.54 Å². The number of nitrogens with one attached hydrogen (secondary N) is 1. The van der Waals surface area contributed by atoms with Gasteiger partial charge in [0.15, 0.2) is 0 Å². The van der Waals surface area contributed by atoms with Crippen LogP contribution in [0.3, 0.4) is 0 Å². The molecule has 2 aromatic carbocycles. The molecule has 3 aromatic rings. The average molecular weight is 431 g/mol. The predicted molar refractivity (Wildman–Crippen MR) is 120 cm³/mol. The van der Waals surface area contributed by atoms with Crippen molar-refractivity contribution in [1.82, 2.24) is 20.2 Å². The molecular weight excluding hydrogens is 404 g/mol. The number of hydrogen-bond donors (Lipinski definition) is 1. The van der Waals surface area contributed by atoms with Crippen molar-refractivity contribution in [1.29, 1.82) is 0 Å². The van der Waals surface area contributed by atoms with E-state index in [1.807, 2.05) is 59.5 Å². The maximum atomic E-state index is 13.1. The van der Waals surface area contributed by atoms with Gasteiger partial charge in [-0.25, -0.2) is 9.97 Å². The van der Waals surface area contributed by atoms with Crippen LogP contribution in [-0.4, -0.2) is 40.3 Å². The van der Waals surface area contributed by atoms with E-state index < -0.39 is 0 Å². The van der Waals surface area contributed by atoms with Gasteiger partial charge in [0.1, 0.15) is 11.6 Å². The second kappa shape index (κ2) is 9.60. The summed E-state index contributed by atoms with van der Waals surface area (Å²) in [7, 11) is 1.62. The molecule has 7 nitrogen and oxygen atoms in total. The standard InChI is InChI=1S/C25H26N4O3/c1-17-26-16-21(24(30)27-15-18-10-12-20(32-2)13-11-18)23(28-17)22-9-6-14-29(22)25(31)19-7-4-3-5-8-19/h3-5,7-8,10-13,16,22H,6,9,14-15H2,1-2H3,(H,27,30)/t22-/m1/s1. The fourth-order valence-electron chi connectivity index (χ4n) is 3.98. The lowest BCUT2D eigenvalue weighted by Crippen LogP contribution is -2.33. The molecule has 1 fully saturated rings. The molecule has 1 aromatic heterocycles. The number of nitrogens with zero attached hydrogens (tertiary/aromatic N) is 3. The van der Waals surface area contributed by atoms with Crippen molar-refractivity contribution < 1.29 is 14.3 Å². The van der Waals surface area contributed by atoms with Gasteiger partial charge in [0.05, 0.1) is 24.4 Å². The molecule has 1 saturated heterocycles. The van der Waals surface area contributed by atoms with Crippen LogP contribution in [0.4, 0.5) is 0 Å². The minimum Gasteiger partial charge on any atom is -0.497 e. The maximum absolute atomic E-state index is 13.1. The van der Waals surface area contributed by atoms with Gasteiger partial charge >= 0.3 is 0 Å². The van der Waals surface area contributed by atoms with E-state index in [2.05, 4.69) is 15.3 Å². The molecule has 0 aliphatic carbocycles. The molecule has 0 bridgehead atoms. The molecule has 0 saturated carbocycles. The molecular formula is C25H26N4O3. The van der Waals surface area contributed by atoms with Crippen molar-refractivity contribution >= 4 is 11.8 Å². The summed E-state index contributed by atoms with van der Waals surface area (Å²) < 4.78 is 5.17. The Bertz CT molecular complexity index is 1100. The monoisotopic (exact) mass is 430 g/mol. The number of amides is 2. The van der Waals surface area contributed by atoms with Gasteiger partial charge in [0, 0.05) is 24.8 Å². The van der Waals surface area contributed by atoms with Crippen molar-refractivity contribution in [3.63, 3.8) is 0 Å². The largest absolute Gasteiger partial charge is 0.497 e. The first-order chi connectivity index (χ1) is 15.6. The lowest BCUT2D eigenvalue weighted by molar-refractivity contribution is 0.0729. The normalized spacial score (nSPS) is 15.4. The van der Waals surface area contributed by atoms with Crippen LogP contribution < -0.4 is 10.1 Å². The number of carbonyl (C=O) groups is 2. The van der Waals surface area contributed by atoms with E-state index in [-0.39, 0.29) is 17.9 Å². The summed E-state index contributed by atoms with van der Waals surface area (Å²) in [5, 5.41) is 2.95. The Hall–Kier alpha value is -3.74. The quantitative estimate of drug-likeness (QED) is 0.645. The smallest absolute Gasteiger partial charge is 0.255 e. The summed E-state index contributed by atoms with van der Waals surface area (Å²) in [5.41, 5.74) is 2.60. The highest BCUT2D eigenvalue weighted by atomic mass is 16.5. The molecule has 164 valence electrons. The molecule has 1 N–H and O–H groups in total. The Morgan fingerprint density at radius 3 is 2.59 bits per heavy atom. The lowest BCUT2D eigenvalue weighted by atomic mass is 10.0. The Labute approximate surface area is 187 Å². The summed E-state index contributed by atoms with van der Waals surface area (Å²) in [6.45, 7) is 2.79. The number of benzene rings is 2. The van der Waals surface area contributed by atoms with Crippen molar-refractivity contribution in [3.05, 3.63) is 89.0 Å². The van der Waals surface area contributed by atoms with E-state index in [1.165, 1.54) is 0 Å². The maximum Gasteiger partial charge on any atom is 0.255 e. The number of likely N-dealkylation sites (tertiary alicyclic amines) is 1. The highest BCUT2D eigenvalue weighted by Crippen LogP contribution is 2.34. The van der Waals surface area contributed by atoms with Crippen LogP contribution in [0.15, 0.2) is 60.8 Å². The molecule has 1 atom stereocenters. The third-order valence-electron chi connectivity index (χ3n) is 5.65. The Morgan fingerprint density at radius 1 is 1.12 bits per heavy atom. The highest BCUT2D eigenvalue weighted by molar-refractivity contribution is 5.96. The van der Waals surface area contributed by atoms with Crippen LogP contribution in [0, 0.1) is 6.92 Å². The Morgan fingerprint density at radius 2 is 1.88 bits per heavy atom. The fraction of sp³-hybridized carbons (Fsp3) is 0.280. The molecule has 7 heteroatoms. The molecule has 0 radical (unpaired) electrons. The van der Waals surface area contributed by atoms with E-state index in [9.17, 15) is 9.59 Å². The second-order valence-electron chi connectivity index (χ2n) is 7.77. The number of carbonyl (C=O) groups excluding carboxylic acids is 2. The fourth-order valence-corrected chi connectivity index (χ4v) is 3.98. The van der Waals surface area contributed by atoms with Crippen LogP contribution in [0.5, 0.6) is 5.75 Å². The number of aryl methyl sites for hydroxylation is 1. The zero-order valence-corrected chi connectivity index (χ0v) is 18.2. The second-order valence-corrected chi connectivity index (χ2v) is 7.77. The first kappa shape index (κ1) is 21.5. The molecule has 4 rings (SSSR count). The SMILES string of the molecule is COc1ccc(CNC(=O)c2cnc(C)nc2[C@H]2CCCN2C(=O)c2ccccc2)cc1. The third kappa shape index (κ3) is 4.61. The van der Waals surface area contributed by atoms with Gasteiger partial charge in [-0.3, -0.25) is 9.59 Å². The molecule has 0 unspecified atom stereocenters. The van der Waals surface area contributed by atoms with Crippen LogP contribution in [0.1, 0.15) is 56.7 Å². The third-order valence-corrected chi connectivity index (χ3v) is 5.65. The molecule has 32 heavy (non-hydrogen) atoms. The minimum atomic E-state index is -0.258. The van der Waals surface area contributed by atoms with E-state index in [0.29, 0.717) is 35.7 Å². The summed E-state index contributed by atoms with van der Waals surface area (Å²) in [6, 6.07) is 16.5. The van der Waals surface area contributed by atoms with E-state index in [1.54, 1.807) is 20.2 Å². The zero-order chi connectivity index (χ0) is 22.5. The van der Waals surface area contributed by atoms with Gasteiger partial charge in [0.25, 0.3) is 11.8 Å². The van der Waals surface area contributed by atoms with Crippen molar-refractivity contribution in [2.75, 3.05) is 13.7 Å². The average Bonchev–Trinajstić information content (AvgIpc) is 3.32. The number of hydrogen-bond acceptors (Lipinski definition) is 5. The minimum absolute atomic E-state index is 0.0473. The Kier molecular flexibility index (Phi) is 6.44. The summed E-state index contributed by atoms with van der Waals surface area (Å²) in [4.78, 5) is 36.8. The van der Waals surface area contributed by atoms with Gasteiger partial charge in [-0.05, 0) is 49.6 Å². The molecule has 1 aliphatic rings. The summed E-state index contributed by atoms with van der Waals surface area (Å²) in [5.74, 6) is 1.04. The lowest BCUT2D eigenvalue weighted by Gasteiger charge is -2.26. The summed E-state index contributed by atoms with van der Waals surface area (Å²) >= 11 is 0. The first-order valence-corrected chi connectivity index (χ1v) is 10.7. The Balaban J connectivity index is 1.55. The molecule has 1 aliphatic heterocycles. The van der Waals surface area contributed by atoms with Crippen LogP contribution in [0.2, 0.25) is 0 Å². The van der Waals surface area contributed by atoms with Crippen LogP contribution >= 0.6 is 0 Å². The number of ether oxygens (including phenoxy) is 1. The molecule has 2 heterocycles. The molecule has 0 spiro atoms. The number of methoxy groups -OCH3 is 1. The summed E-state index contributed by atoms with van der Waals surface area (Å²) in [6.07, 6.45) is 3.18. The van der Waals surface area contributed by atoms with E-state index >= 15 is 0 Å². The predicted octanol–water partition coefficient (Wildman–Crippen LogP) is 3.70. The van der Waals surface area contributed by atoms with Crippen molar-refractivity contribution in [2.45, 2.75) is 32.4 Å². The number of aromatic nitrogens is 2. The van der Waals surface area contributed by atoms with E-state index in [0.717, 1.165) is 24.2 Å². The van der Waals surface area contributed by atoms with Gasteiger partial charge in [0.2, 0.25) is 0 Å². The highest BCUT2D eigenvalue weighted by Gasteiger charge is 2.34. The first-order valence-electron chi connectivity index (χ1n) is 10.7. The van der Waals surface area contributed by atoms with Gasteiger partial charge in [-0.15, -0.1) is 0 Å². The topological polar surface area (TPSA) is 84.4 Å². The number of rotatable bonds is 6. The van der Waals surface area contributed by atoms with E-state index in [4.69, 9.17) is 4.74 Å².